The number of amides is 1. The first kappa shape index (κ1) is 21.9. The predicted molar refractivity (Wildman–Crippen MR) is 101 cm³/mol. The molecule has 0 atom stereocenters. The first-order valence-corrected chi connectivity index (χ1v) is 10.4. The number of rotatable bonds is 4. The largest absolute Gasteiger partial charge is 0.573 e. The van der Waals surface area contributed by atoms with Crippen LogP contribution >= 0.6 is 0 Å². The smallest absolute Gasteiger partial charge is 0.507 e. The lowest BCUT2D eigenvalue weighted by atomic mass is 10.2. The van der Waals surface area contributed by atoms with Crippen LogP contribution < -0.4 is 4.74 Å². The average molecular weight is 444 g/mol. The van der Waals surface area contributed by atoms with Crippen molar-refractivity contribution >= 4 is 15.9 Å². The third kappa shape index (κ3) is 4.85. The highest BCUT2D eigenvalue weighted by atomic mass is 32.2. The highest BCUT2D eigenvalue weighted by molar-refractivity contribution is 7.89. The van der Waals surface area contributed by atoms with E-state index in [9.17, 15) is 31.5 Å². The second-order valence-electron chi connectivity index (χ2n) is 6.74. The Kier molecular flexibility index (Phi) is 5.95. The molecule has 11 heteroatoms. The Morgan fingerprint density at radius 2 is 1.63 bits per heavy atom. The molecule has 3 rings (SSSR count). The highest BCUT2D eigenvalue weighted by Crippen LogP contribution is 2.28. The molecule has 0 aromatic heterocycles. The van der Waals surface area contributed by atoms with E-state index in [2.05, 4.69) is 4.74 Å². The van der Waals surface area contributed by atoms with Crippen LogP contribution in [0.4, 0.5) is 13.2 Å². The SMILES string of the molecule is Cc1ccc(O)c(S(=O)(=O)N2CCN(C(=O)c3ccc(OC(F)(F)F)cc3)CC2)c1. The van der Waals surface area contributed by atoms with Gasteiger partial charge >= 0.3 is 6.36 Å². The molecule has 162 valence electrons. The van der Waals surface area contributed by atoms with Crippen molar-refractivity contribution in [2.75, 3.05) is 26.2 Å². The molecule has 0 unspecified atom stereocenters. The van der Waals surface area contributed by atoms with Gasteiger partial charge in [0.15, 0.2) is 0 Å². The first-order valence-electron chi connectivity index (χ1n) is 8.92. The Labute approximate surface area is 171 Å². The van der Waals surface area contributed by atoms with Crippen LogP contribution in [-0.4, -0.2) is 61.2 Å². The molecule has 2 aromatic carbocycles. The Balaban J connectivity index is 1.66. The topological polar surface area (TPSA) is 87.2 Å². The van der Waals surface area contributed by atoms with Gasteiger partial charge in [-0.05, 0) is 48.9 Å². The first-order chi connectivity index (χ1) is 14.0. The summed E-state index contributed by atoms with van der Waals surface area (Å²) in [4.78, 5) is 13.8. The number of sulfonamides is 1. The number of carbonyl (C=O) groups excluding carboxylic acids is 1. The zero-order valence-electron chi connectivity index (χ0n) is 15.9. The van der Waals surface area contributed by atoms with Crippen LogP contribution in [0, 0.1) is 6.92 Å². The maximum absolute atomic E-state index is 12.8. The minimum atomic E-state index is -4.82. The molecule has 1 N–H and O–H groups in total. The van der Waals surface area contributed by atoms with Gasteiger partial charge in [0.1, 0.15) is 16.4 Å². The number of phenols is 1. The second-order valence-corrected chi connectivity index (χ2v) is 8.65. The lowest BCUT2D eigenvalue weighted by Crippen LogP contribution is -2.50. The number of benzene rings is 2. The molecule has 1 aliphatic rings. The highest BCUT2D eigenvalue weighted by Gasteiger charge is 2.33. The summed E-state index contributed by atoms with van der Waals surface area (Å²) in [6, 6.07) is 8.81. The number of aryl methyl sites for hydroxylation is 1. The van der Waals surface area contributed by atoms with Crippen molar-refractivity contribution in [1.29, 1.82) is 0 Å². The van der Waals surface area contributed by atoms with Gasteiger partial charge in [-0.3, -0.25) is 4.79 Å². The molecule has 7 nitrogen and oxygen atoms in total. The van der Waals surface area contributed by atoms with Crippen molar-refractivity contribution < 1.29 is 36.2 Å². The monoisotopic (exact) mass is 444 g/mol. The van der Waals surface area contributed by atoms with Gasteiger partial charge in [-0.15, -0.1) is 13.2 Å². The number of carbonyl (C=O) groups is 1. The molecule has 30 heavy (non-hydrogen) atoms. The Morgan fingerprint density at radius 3 is 2.20 bits per heavy atom. The van der Waals surface area contributed by atoms with E-state index in [0.29, 0.717) is 5.56 Å². The van der Waals surface area contributed by atoms with Gasteiger partial charge in [-0.25, -0.2) is 8.42 Å². The summed E-state index contributed by atoms with van der Waals surface area (Å²) in [6.45, 7) is 1.96. The van der Waals surface area contributed by atoms with Gasteiger partial charge in [-0.1, -0.05) is 6.07 Å². The third-order valence-electron chi connectivity index (χ3n) is 4.59. The van der Waals surface area contributed by atoms with E-state index < -0.39 is 28.0 Å². The van der Waals surface area contributed by atoms with Crippen LogP contribution in [0.2, 0.25) is 0 Å². The number of ether oxygens (including phenoxy) is 1. The number of piperazine rings is 1. The van der Waals surface area contributed by atoms with Crippen molar-refractivity contribution in [1.82, 2.24) is 9.21 Å². The van der Waals surface area contributed by atoms with Gasteiger partial charge in [-0.2, -0.15) is 4.31 Å². The lowest BCUT2D eigenvalue weighted by molar-refractivity contribution is -0.274. The average Bonchev–Trinajstić information content (AvgIpc) is 2.68. The summed E-state index contributed by atoms with van der Waals surface area (Å²) in [5, 5.41) is 9.93. The summed E-state index contributed by atoms with van der Waals surface area (Å²) in [6.07, 6.45) is -4.82. The van der Waals surface area contributed by atoms with Crippen molar-refractivity contribution in [2.45, 2.75) is 18.2 Å². The zero-order chi connectivity index (χ0) is 22.1. The summed E-state index contributed by atoms with van der Waals surface area (Å²) in [7, 11) is -3.93. The fourth-order valence-electron chi connectivity index (χ4n) is 3.08. The summed E-state index contributed by atoms with van der Waals surface area (Å²) >= 11 is 0. The van der Waals surface area contributed by atoms with Crippen molar-refractivity contribution in [3.05, 3.63) is 53.6 Å². The number of alkyl halides is 3. The molecule has 1 heterocycles. The van der Waals surface area contributed by atoms with Gasteiger partial charge in [0.2, 0.25) is 10.0 Å². The number of halogens is 3. The van der Waals surface area contributed by atoms with E-state index in [1.54, 1.807) is 13.0 Å². The minimum absolute atomic E-state index is 0.0245. The molecule has 0 bridgehead atoms. The van der Waals surface area contributed by atoms with E-state index in [1.165, 1.54) is 33.5 Å². The van der Waals surface area contributed by atoms with Crippen LogP contribution in [0.3, 0.4) is 0 Å². The van der Waals surface area contributed by atoms with Gasteiger partial charge < -0.3 is 14.7 Å². The molecule has 0 aliphatic carbocycles. The zero-order valence-corrected chi connectivity index (χ0v) is 16.7. The maximum Gasteiger partial charge on any atom is 0.573 e. The molecule has 1 fully saturated rings. The number of phenolic OH excluding ortho intramolecular Hbond substituents is 1. The number of hydrogen-bond donors (Lipinski definition) is 1. The lowest BCUT2D eigenvalue weighted by Gasteiger charge is -2.34. The second kappa shape index (κ2) is 8.15. The minimum Gasteiger partial charge on any atom is -0.507 e. The Bertz CT molecular complexity index is 1030. The third-order valence-corrected chi connectivity index (χ3v) is 6.52. The van der Waals surface area contributed by atoms with Crippen LogP contribution in [0.15, 0.2) is 47.4 Å². The van der Waals surface area contributed by atoms with E-state index in [-0.39, 0.29) is 42.4 Å². The molecule has 0 radical (unpaired) electrons. The Hall–Kier alpha value is -2.79. The molecule has 1 saturated heterocycles. The van der Waals surface area contributed by atoms with Crippen molar-refractivity contribution in [2.24, 2.45) is 0 Å². The van der Waals surface area contributed by atoms with Crippen LogP contribution in [0.5, 0.6) is 11.5 Å². The van der Waals surface area contributed by atoms with E-state index in [4.69, 9.17) is 0 Å². The summed E-state index contributed by atoms with van der Waals surface area (Å²) in [5.74, 6) is -1.21. The molecule has 0 saturated carbocycles. The normalized spacial score (nSPS) is 15.8. The number of nitrogens with zero attached hydrogens (tertiary/aromatic N) is 2. The van der Waals surface area contributed by atoms with Crippen LogP contribution in [0.1, 0.15) is 15.9 Å². The summed E-state index contributed by atoms with van der Waals surface area (Å²) in [5.41, 5.74) is 0.843. The molecular formula is C19H19F3N2O5S. The van der Waals surface area contributed by atoms with Crippen LogP contribution in [-0.2, 0) is 10.0 Å². The fourth-order valence-corrected chi connectivity index (χ4v) is 4.67. The Morgan fingerprint density at radius 1 is 1.03 bits per heavy atom. The maximum atomic E-state index is 12.8. The number of hydrogen-bond acceptors (Lipinski definition) is 5. The van der Waals surface area contributed by atoms with Gasteiger partial charge in [0, 0.05) is 31.7 Å². The molecular weight excluding hydrogens is 425 g/mol. The molecule has 1 amide bonds. The molecule has 2 aromatic rings. The van der Waals surface area contributed by atoms with Gasteiger partial charge in [0.05, 0.1) is 0 Å². The fraction of sp³-hybridized carbons (Fsp3) is 0.316. The predicted octanol–water partition coefficient (Wildman–Crippen LogP) is 2.75. The summed E-state index contributed by atoms with van der Waals surface area (Å²) < 4.78 is 67.3. The van der Waals surface area contributed by atoms with E-state index in [1.807, 2.05) is 0 Å². The number of aromatic hydroxyl groups is 1. The van der Waals surface area contributed by atoms with Crippen LogP contribution in [0.25, 0.3) is 0 Å². The van der Waals surface area contributed by atoms with Gasteiger partial charge in [0.25, 0.3) is 5.91 Å². The van der Waals surface area contributed by atoms with Crippen molar-refractivity contribution in [3.63, 3.8) is 0 Å². The van der Waals surface area contributed by atoms with E-state index >= 15 is 0 Å². The van der Waals surface area contributed by atoms with Crippen molar-refractivity contribution in [3.8, 4) is 11.5 Å². The standard InChI is InChI=1S/C19H19F3N2O5S/c1-13-2-7-16(25)17(12-13)30(27,28)24-10-8-23(9-11-24)18(26)14-3-5-15(6-4-14)29-19(20,21)22/h2-7,12,25H,8-11H2,1H3. The molecule has 1 aliphatic heterocycles. The molecule has 0 spiro atoms. The quantitative estimate of drug-likeness (QED) is 0.784. The van der Waals surface area contributed by atoms with E-state index in [0.717, 1.165) is 12.1 Å².